The summed E-state index contributed by atoms with van der Waals surface area (Å²) >= 11 is 6.13. The van der Waals surface area contributed by atoms with Gasteiger partial charge < -0.3 is 10.2 Å². The van der Waals surface area contributed by atoms with Crippen molar-refractivity contribution in [2.45, 2.75) is 45.2 Å². The van der Waals surface area contributed by atoms with E-state index >= 15 is 0 Å². The van der Waals surface area contributed by atoms with Crippen molar-refractivity contribution in [3.8, 4) is 0 Å². The van der Waals surface area contributed by atoms with Crippen molar-refractivity contribution in [3.05, 3.63) is 41.2 Å². The highest BCUT2D eigenvalue weighted by Gasteiger charge is 2.20. The van der Waals surface area contributed by atoms with Crippen LogP contribution >= 0.6 is 11.6 Å². The van der Waals surface area contributed by atoms with Gasteiger partial charge in [0.15, 0.2) is 0 Å². The minimum Gasteiger partial charge on any atom is -0.319 e. The molecule has 0 saturated carbocycles. The van der Waals surface area contributed by atoms with E-state index in [0.717, 1.165) is 19.6 Å². The second-order valence-corrected chi connectivity index (χ2v) is 9.01. The molecule has 1 amide bonds. The predicted molar refractivity (Wildman–Crippen MR) is 115 cm³/mol. The standard InChI is InChI=1S/C19H28ClN5O3S/c1-5-24(6-2)9-10-25-13-15(12-21-25)22-19(26)17-11-16(7-8-18(17)20)29(27,28)23-14(3)4/h7-8,11-14,23H,5-6,9-10H2,1-4H3,(H,22,26). The number of nitrogens with zero attached hydrogens (tertiary/aromatic N) is 3. The molecular formula is C19H28ClN5O3S. The largest absolute Gasteiger partial charge is 0.319 e. The zero-order valence-corrected chi connectivity index (χ0v) is 18.7. The molecular weight excluding hydrogens is 414 g/mol. The number of anilines is 1. The third kappa shape index (κ3) is 6.53. The first kappa shape index (κ1) is 23.3. The van der Waals surface area contributed by atoms with Gasteiger partial charge in [-0.05, 0) is 45.1 Å². The molecule has 0 aliphatic rings. The molecule has 1 aromatic heterocycles. The molecule has 0 unspecified atom stereocenters. The van der Waals surface area contributed by atoms with Crippen LogP contribution in [0.25, 0.3) is 0 Å². The van der Waals surface area contributed by atoms with Crippen LogP contribution in [0.3, 0.4) is 0 Å². The van der Waals surface area contributed by atoms with Crippen LogP contribution in [-0.4, -0.2) is 54.7 Å². The van der Waals surface area contributed by atoms with Crippen molar-refractivity contribution < 1.29 is 13.2 Å². The summed E-state index contributed by atoms with van der Waals surface area (Å²) in [6.07, 6.45) is 3.28. The van der Waals surface area contributed by atoms with Gasteiger partial charge in [-0.2, -0.15) is 5.10 Å². The van der Waals surface area contributed by atoms with E-state index in [1.807, 2.05) is 0 Å². The Kier molecular flexibility index (Phi) is 8.21. The molecule has 8 nitrogen and oxygen atoms in total. The summed E-state index contributed by atoms with van der Waals surface area (Å²) in [4.78, 5) is 14.9. The Labute approximate surface area is 177 Å². The smallest absolute Gasteiger partial charge is 0.257 e. The number of hydrogen-bond donors (Lipinski definition) is 2. The number of carbonyl (C=O) groups excluding carboxylic acids is 1. The molecule has 0 atom stereocenters. The molecule has 29 heavy (non-hydrogen) atoms. The molecule has 10 heteroatoms. The summed E-state index contributed by atoms with van der Waals surface area (Å²) in [5.41, 5.74) is 0.591. The zero-order chi connectivity index (χ0) is 21.6. The maximum atomic E-state index is 12.6. The quantitative estimate of drug-likeness (QED) is 0.591. The van der Waals surface area contributed by atoms with Crippen LogP contribution in [0.2, 0.25) is 5.02 Å². The molecule has 0 bridgehead atoms. The summed E-state index contributed by atoms with van der Waals surface area (Å²) in [6, 6.07) is 3.77. The van der Waals surface area contributed by atoms with E-state index in [-0.39, 0.29) is 21.5 Å². The number of rotatable bonds is 10. The fourth-order valence-electron chi connectivity index (χ4n) is 2.76. The van der Waals surface area contributed by atoms with Gasteiger partial charge in [-0.3, -0.25) is 9.48 Å². The van der Waals surface area contributed by atoms with Crippen LogP contribution < -0.4 is 10.0 Å². The first-order chi connectivity index (χ1) is 13.7. The first-order valence-corrected chi connectivity index (χ1v) is 11.4. The van der Waals surface area contributed by atoms with Crippen molar-refractivity contribution in [3.63, 3.8) is 0 Å². The summed E-state index contributed by atoms with van der Waals surface area (Å²) in [5, 5.41) is 7.14. The maximum absolute atomic E-state index is 12.6. The second-order valence-electron chi connectivity index (χ2n) is 6.89. The highest BCUT2D eigenvalue weighted by molar-refractivity contribution is 7.89. The molecule has 160 valence electrons. The molecule has 1 aromatic carbocycles. The Morgan fingerprint density at radius 2 is 1.97 bits per heavy atom. The van der Waals surface area contributed by atoms with Crippen LogP contribution in [0.1, 0.15) is 38.1 Å². The number of aromatic nitrogens is 2. The molecule has 0 aliphatic carbocycles. The van der Waals surface area contributed by atoms with Crippen LogP contribution in [-0.2, 0) is 16.6 Å². The lowest BCUT2D eigenvalue weighted by Crippen LogP contribution is -2.30. The molecule has 2 N–H and O–H groups in total. The molecule has 2 aromatic rings. The number of carbonyl (C=O) groups is 1. The van der Waals surface area contributed by atoms with E-state index in [0.29, 0.717) is 12.2 Å². The minimum absolute atomic E-state index is 0.0179. The third-order valence-corrected chi connectivity index (χ3v) is 6.30. The van der Waals surface area contributed by atoms with Crippen LogP contribution in [0.15, 0.2) is 35.5 Å². The molecule has 0 spiro atoms. The van der Waals surface area contributed by atoms with Crippen LogP contribution in [0, 0.1) is 0 Å². The summed E-state index contributed by atoms with van der Waals surface area (Å²) < 4.78 is 29.0. The van der Waals surface area contributed by atoms with Crippen molar-refractivity contribution in [1.82, 2.24) is 19.4 Å². The fourth-order valence-corrected chi connectivity index (χ4v) is 4.24. The van der Waals surface area contributed by atoms with Gasteiger partial charge >= 0.3 is 0 Å². The van der Waals surface area contributed by atoms with Gasteiger partial charge in [0.05, 0.1) is 33.9 Å². The lowest BCUT2D eigenvalue weighted by atomic mass is 10.2. The lowest BCUT2D eigenvalue weighted by Gasteiger charge is -2.17. The zero-order valence-electron chi connectivity index (χ0n) is 17.1. The molecule has 1 heterocycles. The van der Waals surface area contributed by atoms with Gasteiger partial charge in [0, 0.05) is 18.8 Å². The SMILES string of the molecule is CCN(CC)CCn1cc(NC(=O)c2cc(S(=O)(=O)NC(C)C)ccc2Cl)cn1. The Bertz CT molecular complexity index is 939. The Morgan fingerprint density at radius 1 is 1.28 bits per heavy atom. The number of halogens is 1. The number of nitrogens with one attached hydrogen (secondary N) is 2. The van der Waals surface area contributed by atoms with E-state index in [2.05, 4.69) is 33.9 Å². The number of hydrogen-bond acceptors (Lipinski definition) is 5. The van der Waals surface area contributed by atoms with Crippen LogP contribution in [0.5, 0.6) is 0 Å². The monoisotopic (exact) mass is 441 g/mol. The van der Waals surface area contributed by atoms with Gasteiger partial charge in [0.1, 0.15) is 0 Å². The van der Waals surface area contributed by atoms with Gasteiger partial charge in [-0.1, -0.05) is 25.4 Å². The van der Waals surface area contributed by atoms with Gasteiger partial charge in [0.2, 0.25) is 10.0 Å². The van der Waals surface area contributed by atoms with E-state index in [1.165, 1.54) is 18.2 Å². The molecule has 0 fully saturated rings. The topological polar surface area (TPSA) is 96.3 Å². The number of amides is 1. The summed E-state index contributed by atoms with van der Waals surface area (Å²) in [5.74, 6) is -0.500. The highest BCUT2D eigenvalue weighted by atomic mass is 35.5. The summed E-state index contributed by atoms with van der Waals surface area (Å²) in [7, 11) is -3.73. The van der Waals surface area contributed by atoms with Crippen molar-refractivity contribution in [2.24, 2.45) is 0 Å². The number of sulfonamides is 1. The normalized spacial score (nSPS) is 12.0. The maximum Gasteiger partial charge on any atom is 0.257 e. The Hall–Kier alpha value is -1.94. The van der Waals surface area contributed by atoms with E-state index in [9.17, 15) is 13.2 Å². The highest BCUT2D eigenvalue weighted by Crippen LogP contribution is 2.22. The fraction of sp³-hybridized carbons (Fsp3) is 0.474. The number of benzene rings is 1. The molecule has 0 saturated heterocycles. The second kappa shape index (κ2) is 10.2. The van der Waals surface area contributed by atoms with Crippen molar-refractivity contribution in [2.75, 3.05) is 25.0 Å². The summed E-state index contributed by atoms with van der Waals surface area (Å²) in [6.45, 7) is 11.1. The van der Waals surface area contributed by atoms with Crippen molar-refractivity contribution >= 4 is 33.2 Å². The van der Waals surface area contributed by atoms with Crippen LogP contribution in [0.4, 0.5) is 5.69 Å². The molecule has 0 aliphatic heterocycles. The molecule has 2 rings (SSSR count). The predicted octanol–water partition coefficient (Wildman–Crippen LogP) is 2.82. The molecule has 0 radical (unpaired) electrons. The Morgan fingerprint density at radius 3 is 2.59 bits per heavy atom. The number of likely N-dealkylation sites (N-methyl/N-ethyl adjacent to an activating group) is 1. The average Bonchev–Trinajstić information content (AvgIpc) is 3.09. The van der Waals surface area contributed by atoms with E-state index < -0.39 is 15.9 Å². The van der Waals surface area contributed by atoms with Crippen molar-refractivity contribution in [1.29, 1.82) is 0 Å². The third-order valence-electron chi connectivity index (χ3n) is 4.31. The first-order valence-electron chi connectivity index (χ1n) is 9.54. The van der Waals surface area contributed by atoms with Gasteiger partial charge in [-0.25, -0.2) is 13.1 Å². The Balaban J connectivity index is 2.12. The van der Waals surface area contributed by atoms with E-state index in [4.69, 9.17) is 11.6 Å². The lowest BCUT2D eigenvalue weighted by molar-refractivity contribution is 0.102. The van der Waals surface area contributed by atoms with Gasteiger partial charge in [-0.15, -0.1) is 0 Å². The van der Waals surface area contributed by atoms with Gasteiger partial charge in [0.25, 0.3) is 5.91 Å². The van der Waals surface area contributed by atoms with E-state index in [1.54, 1.807) is 30.9 Å². The minimum atomic E-state index is -3.73. The average molecular weight is 442 g/mol.